The molecular weight excluding hydrogens is 202 g/mol. The molecule has 0 aliphatic carbocycles. The summed E-state index contributed by atoms with van der Waals surface area (Å²) in [5, 5.41) is 3.53. The zero-order valence-electron chi connectivity index (χ0n) is 9.90. The van der Waals surface area contributed by atoms with E-state index in [2.05, 4.69) is 18.3 Å². The molecular formula is C13H19NO2. The van der Waals surface area contributed by atoms with Gasteiger partial charge in [-0.3, -0.25) is 0 Å². The van der Waals surface area contributed by atoms with E-state index in [1.54, 1.807) is 0 Å². The Hall–Kier alpha value is -1.06. The van der Waals surface area contributed by atoms with Gasteiger partial charge in [0.1, 0.15) is 5.75 Å². The van der Waals surface area contributed by atoms with Crippen molar-refractivity contribution in [3.05, 3.63) is 29.8 Å². The molecule has 1 atom stereocenters. The lowest BCUT2D eigenvalue weighted by molar-refractivity contribution is -0.00936. The Bertz CT molecular complexity index is 336. The summed E-state index contributed by atoms with van der Waals surface area (Å²) in [6.45, 7) is 6.52. The highest BCUT2D eigenvalue weighted by molar-refractivity contribution is 5.35. The smallest absolute Gasteiger partial charge is 0.124 e. The summed E-state index contributed by atoms with van der Waals surface area (Å²) >= 11 is 0. The van der Waals surface area contributed by atoms with E-state index in [1.165, 1.54) is 5.56 Å². The molecule has 1 fully saturated rings. The number of nitrogens with one attached hydrogen (secondary N) is 1. The van der Waals surface area contributed by atoms with Gasteiger partial charge in [0.25, 0.3) is 0 Å². The molecule has 1 aromatic rings. The molecule has 16 heavy (non-hydrogen) atoms. The van der Waals surface area contributed by atoms with Crippen molar-refractivity contribution in [1.29, 1.82) is 0 Å². The Labute approximate surface area is 96.8 Å². The summed E-state index contributed by atoms with van der Waals surface area (Å²) < 4.78 is 10.8. The highest BCUT2D eigenvalue weighted by atomic mass is 16.5. The normalized spacial score (nSPS) is 17.9. The van der Waals surface area contributed by atoms with E-state index in [1.807, 2.05) is 25.1 Å². The molecule has 1 heterocycles. The van der Waals surface area contributed by atoms with Gasteiger partial charge in [-0.15, -0.1) is 0 Å². The van der Waals surface area contributed by atoms with Crippen LogP contribution in [0.1, 0.15) is 25.5 Å². The molecule has 0 saturated carbocycles. The van der Waals surface area contributed by atoms with Gasteiger partial charge in [0.15, 0.2) is 0 Å². The number of benzene rings is 1. The van der Waals surface area contributed by atoms with E-state index in [-0.39, 0.29) is 0 Å². The van der Waals surface area contributed by atoms with Crippen LogP contribution in [-0.4, -0.2) is 25.9 Å². The lowest BCUT2D eigenvalue weighted by Gasteiger charge is -2.30. The van der Waals surface area contributed by atoms with Crippen LogP contribution in [0, 0.1) is 0 Å². The Morgan fingerprint density at radius 1 is 1.44 bits per heavy atom. The van der Waals surface area contributed by atoms with E-state index in [0.29, 0.717) is 18.7 Å². The topological polar surface area (TPSA) is 30.5 Å². The van der Waals surface area contributed by atoms with Crippen LogP contribution in [0.3, 0.4) is 0 Å². The first-order chi connectivity index (χ1) is 7.81. The van der Waals surface area contributed by atoms with Gasteiger partial charge in [-0.05, 0) is 19.9 Å². The number of rotatable bonds is 5. The fourth-order valence-electron chi connectivity index (χ4n) is 1.90. The van der Waals surface area contributed by atoms with E-state index in [0.717, 1.165) is 19.0 Å². The van der Waals surface area contributed by atoms with Gasteiger partial charge >= 0.3 is 0 Å². The van der Waals surface area contributed by atoms with Gasteiger partial charge in [-0.1, -0.05) is 18.2 Å². The third-order valence-electron chi connectivity index (χ3n) is 2.81. The molecule has 0 aromatic heterocycles. The standard InChI is InChI=1S/C13H19NO2/c1-3-16-13-7-5-4-6-12(13)10(2)14-11-8-15-9-11/h4-7,10-11,14H,3,8-9H2,1-2H3. The molecule has 0 bridgehead atoms. The summed E-state index contributed by atoms with van der Waals surface area (Å²) in [5.41, 5.74) is 1.22. The maximum absolute atomic E-state index is 5.62. The average molecular weight is 221 g/mol. The van der Waals surface area contributed by atoms with Crippen molar-refractivity contribution in [2.75, 3.05) is 19.8 Å². The quantitative estimate of drug-likeness (QED) is 0.826. The van der Waals surface area contributed by atoms with Crippen LogP contribution >= 0.6 is 0 Å². The van der Waals surface area contributed by atoms with Crippen molar-refractivity contribution in [2.24, 2.45) is 0 Å². The SMILES string of the molecule is CCOc1ccccc1C(C)NC1COC1. The van der Waals surface area contributed by atoms with Crippen molar-refractivity contribution in [2.45, 2.75) is 25.9 Å². The maximum Gasteiger partial charge on any atom is 0.124 e. The number of ether oxygens (including phenoxy) is 2. The second-order valence-corrected chi connectivity index (χ2v) is 4.09. The zero-order chi connectivity index (χ0) is 11.4. The minimum Gasteiger partial charge on any atom is -0.494 e. The predicted molar refractivity (Wildman–Crippen MR) is 63.8 cm³/mol. The van der Waals surface area contributed by atoms with E-state index >= 15 is 0 Å². The molecule has 3 nitrogen and oxygen atoms in total. The molecule has 1 unspecified atom stereocenters. The summed E-state index contributed by atoms with van der Waals surface area (Å²) in [4.78, 5) is 0. The Morgan fingerprint density at radius 2 is 2.19 bits per heavy atom. The van der Waals surface area contributed by atoms with Crippen LogP contribution in [0.25, 0.3) is 0 Å². The zero-order valence-corrected chi connectivity index (χ0v) is 9.90. The first-order valence-electron chi connectivity index (χ1n) is 5.86. The van der Waals surface area contributed by atoms with Crippen molar-refractivity contribution >= 4 is 0 Å². The second-order valence-electron chi connectivity index (χ2n) is 4.09. The summed E-state index contributed by atoms with van der Waals surface area (Å²) in [6, 6.07) is 8.98. The van der Waals surface area contributed by atoms with Crippen LogP contribution in [-0.2, 0) is 4.74 Å². The van der Waals surface area contributed by atoms with Crippen LogP contribution in [0.2, 0.25) is 0 Å². The van der Waals surface area contributed by atoms with Gasteiger partial charge in [0.05, 0.1) is 25.9 Å². The Balaban J connectivity index is 2.04. The van der Waals surface area contributed by atoms with Crippen LogP contribution < -0.4 is 10.1 Å². The summed E-state index contributed by atoms with van der Waals surface area (Å²) in [7, 11) is 0. The fraction of sp³-hybridized carbons (Fsp3) is 0.538. The number of hydrogen-bond donors (Lipinski definition) is 1. The predicted octanol–water partition coefficient (Wildman–Crippen LogP) is 2.13. The first-order valence-corrected chi connectivity index (χ1v) is 5.86. The maximum atomic E-state index is 5.62. The third kappa shape index (κ3) is 2.54. The van der Waals surface area contributed by atoms with E-state index in [9.17, 15) is 0 Å². The van der Waals surface area contributed by atoms with Crippen molar-refractivity contribution < 1.29 is 9.47 Å². The largest absolute Gasteiger partial charge is 0.494 e. The molecule has 2 rings (SSSR count). The highest BCUT2D eigenvalue weighted by Crippen LogP contribution is 2.25. The molecule has 1 aliphatic heterocycles. The average Bonchev–Trinajstić information content (AvgIpc) is 2.24. The van der Waals surface area contributed by atoms with E-state index in [4.69, 9.17) is 9.47 Å². The third-order valence-corrected chi connectivity index (χ3v) is 2.81. The van der Waals surface area contributed by atoms with Gasteiger partial charge in [0.2, 0.25) is 0 Å². The Kier molecular flexibility index (Phi) is 3.80. The van der Waals surface area contributed by atoms with Crippen LogP contribution in [0.15, 0.2) is 24.3 Å². The monoisotopic (exact) mass is 221 g/mol. The van der Waals surface area contributed by atoms with Crippen LogP contribution in [0.5, 0.6) is 5.75 Å². The van der Waals surface area contributed by atoms with Crippen molar-refractivity contribution in [1.82, 2.24) is 5.32 Å². The van der Waals surface area contributed by atoms with E-state index < -0.39 is 0 Å². The summed E-state index contributed by atoms with van der Waals surface area (Å²) in [6.07, 6.45) is 0. The molecule has 0 radical (unpaired) electrons. The van der Waals surface area contributed by atoms with Crippen LogP contribution in [0.4, 0.5) is 0 Å². The molecule has 1 N–H and O–H groups in total. The Morgan fingerprint density at radius 3 is 2.81 bits per heavy atom. The molecule has 1 aromatic carbocycles. The summed E-state index contributed by atoms with van der Waals surface area (Å²) in [5.74, 6) is 0.977. The number of para-hydroxylation sites is 1. The number of hydrogen-bond acceptors (Lipinski definition) is 3. The van der Waals surface area contributed by atoms with Gasteiger partial charge in [-0.2, -0.15) is 0 Å². The van der Waals surface area contributed by atoms with Gasteiger partial charge < -0.3 is 14.8 Å². The molecule has 3 heteroatoms. The molecule has 1 aliphatic rings. The van der Waals surface area contributed by atoms with Crippen molar-refractivity contribution in [3.8, 4) is 5.75 Å². The van der Waals surface area contributed by atoms with Gasteiger partial charge in [-0.25, -0.2) is 0 Å². The minimum absolute atomic E-state index is 0.302. The first kappa shape index (κ1) is 11.4. The molecule has 0 spiro atoms. The van der Waals surface area contributed by atoms with Crippen molar-refractivity contribution in [3.63, 3.8) is 0 Å². The second kappa shape index (κ2) is 5.32. The lowest BCUT2D eigenvalue weighted by atomic mass is 10.1. The van der Waals surface area contributed by atoms with Gasteiger partial charge in [0, 0.05) is 11.6 Å². The lowest BCUT2D eigenvalue weighted by Crippen LogP contribution is -2.46. The molecule has 1 saturated heterocycles. The highest BCUT2D eigenvalue weighted by Gasteiger charge is 2.21. The molecule has 0 amide bonds. The fourth-order valence-corrected chi connectivity index (χ4v) is 1.90. The minimum atomic E-state index is 0.302. The molecule has 88 valence electrons.